The third-order valence-corrected chi connectivity index (χ3v) is 2.50. The molecule has 2 aromatic heterocycles. The van der Waals surface area contributed by atoms with Gasteiger partial charge in [-0.25, -0.2) is 4.79 Å². The van der Waals surface area contributed by atoms with E-state index >= 15 is 0 Å². The maximum absolute atomic E-state index is 11.6. The molecule has 0 atom stereocenters. The first kappa shape index (κ1) is 9.77. The molecule has 0 aliphatic rings. The number of methoxy groups -OCH3 is 1. The highest BCUT2D eigenvalue weighted by atomic mass is 16.5. The summed E-state index contributed by atoms with van der Waals surface area (Å²) in [6, 6.07) is 3.93. The number of rotatable bonds is 1. The first-order valence-corrected chi connectivity index (χ1v) is 4.79. The summed E-state index contributed by atoms with van der Waals surface area (Å²) >= 11 is 0. The lowest BCUT2D eigenvalue weighted by Crippen LogP contribution is -2.02. The van der Waals surface area contributed by atoms with Crippen LogP contribution in [-0.4, -0.2) is 17.5 Å². The van der Waals surface area contributed by atoms with Crippen LogP contribution in [0.15, 0.2) is 24.5 Å². The number of hydrogen-bond acceptors (Lipinski definition) is 2. The number of esters is 1. The smallest absolute Gasteiger partial charge is 0.340 e. The molecule has 0 fully saturated rings. The number of hydrogen-bond donors (Lipinski definition) is 0. The molecule has 0 amide bonds. The van der Waals surface area contributed by atoms with Gasteiger partial charge in [0, 0.05) is 12.4 Å². The van der Waals surface area contributed by atoms with E-state index in [1.807, 2.05) is 42.8 Å². The first-order chi connectivity index (χ1) is 7.13. The molecule has 15 heavy (non-hydrogen) atoms. The topological polar surface area (TPSA) is 30.7 Å². The molecule has 0 unspecified atom stereocenters. The van der Waals surface area contributed by atoms with Crippen LogP contribution in [0.5, 0.6) is 0 Å². The van der Waals surface area contributed by atoms with Crippen LogP contribution in [0.1, 0.15) is 21.5 Å². The van der Waals surface area contributed by atoms with E-state index in [1.165, 1.54) is 7.11 Å². The molecule has 78 valence electrons. The Bertz CT molecular complexity index is 526. The van der Waals surface area contributed by atoms with Crippen molar-refractivity contribution >= 4 is 11.5 Å². The number of carbonyl (C=O) groups excluding carboxylic acids is 1. The van der Waals surface area contributed by atoms with Gasteiger partial charge in [-0.3, -0.25) is 0 Å². The zero-order valence-corrected chi connectivity index (χ0v) is 9.07. The molecule has 0 aliphatic carbocycles. The van der Waals surface area contributed by atoms with Gasteiger partial charge >= 0.3 is 5.97 Å². The highest BCUT2D eigenvalue weighted by Gasteiger charge is 2.15. The molecular weight excluding hydrogens is 190 g/mol. The Labute approximate surface area is 88.3 Å². The lowest BCUT2D eigenvalue weighted by atomic mass is 10.2. The lowest BCUT2D eigenvalue weighted by molar-refractivity contribution is 0.0602. The Kier molecular flexibility index (Phi) is 2.23. The molecule has 0 aliphatic heterocycles. The number of nitrogens with zero attached hydrogens (tertiary/aromatic N) is 1. The van der Waals surface area contributed by atoms with Gasteiger partial charge in [0.1, 0.15) is 0 Å². The molecule has 0 saturated heterocycles. The molecule has 2 heterocycles. The third kappa shape index (κ3) is 1.50. The van der Waals surface area contributed by atoms with E-state index in [1.54, 1.807) is 0 Å². The fourth-order valence-corrected chi connectivity index (χ4v) is 1.79. The Hall–Kier alpha value is -1.77. The van der Waals surface area contributed by atoms with Crippen molar-refractivity contribution in [2.24, 2.45) is 0 Å². The average molecular weight is 203 g/mol. The standard InChI is InChI=1S/C12H13NO2/c1-8-4-5-10-11(12(14)15-3)9(2)7-13(10)6-8/h4-7H,1-3H3. The zero-order chi connectivity index (χ0) is 11.0. The van der Waals surface area contributed by atoms with Gasteiger partial charge in [0.2, 0.25) is 0 Å². The van der Waals surface area contributed by atoms with Gasteiger partial charge < -0.3 is 9.14 Å². The molecule has 0 spiro atoms. The number of aromatic nitrogens is 1. The largest absolute Gasteiger partial charge is 0.465 e. The molecule has 0 radical (unpaired) electrons. The maximum Gasteiger partial charge on any atom is 0.340 e. The summed E-state index contributed by atoms with van der Waals surface area (Å²) in [7, 11) is 1.40. The summed E-state index contributed by atoms with van der Waals surface area (Å²) in [6.07, 6.45) is 3.93. The van der Waals surface area contributed by atoms with E-state index in [0.29, 0.717) is 5.56 Å². The molecule has 2 aromatic rings. The van der Waals surface area contributed by atoms with Crippen LogP contribution in [0.3, 0.4) is 0 Å². The highest BCUT2D eigenvalue weighted by molar-refractivity contribution is 5.98. The maximum atomic E-state index is 11.6. The van der Waals surface area contributed by atoms with Crippen molar-refractivity contribution in [3.63, 3.8) is 0 Å². The second-order valence-corrected chi connectivity index (χ2v) is 3.68. The number of carbonyl (C=O) groups is 1. The predicted octanol–water partition coefficient (Wildman–Crippen LogP) is 2.34. The quantitative estimate of drug-likeness (QED) is 0.666. The van der Waals surface area contributed by atoms with E-state index in [9.17, 15) is 4.79 Å². The minimum atomic E-state index is -0.279. The average Bonchev–Trinajstić information content (AvgIpc) is 2.52. The van der Waals surface area contributed by atoms with Crippen molar-refractivity contribution in [1.29, 1.82) is 0 Å². The van der Waals surface area contributed by atoms with Crippen LogP contribution < -0.4 is 0 Å². The van der Waals surface area contributed by atoms with Gasteiger partial charge in [0.25, 0.3) is 0 Å². The second-order valence-electron chi connectivity index (χ2n) is 3.68. The molecular formula is C12H13NO2. The van der Waals surface area contributed by atoms with Crippen molar-refractivity contribution in [3.05, 3.63) is 41.2 Å². The van der Waals surface area contributed by atoms with Gasteiger partial charge in [0.05, 0.1) is 18.2 Å². The van der Waals surface area contributed by atoms with Gasteiger partial charge in [-0.2, -0.15) is 0 Å². The van der Waals surface area contributed by atoms with Crippen molar-refractivity contribution < 1.29 is 9.53 Å². The Morgan fingerprint density at radius 2 is 2.00 bits per heavy atom. The first-order valence-electron chi connectivity index (χ1n) is 4.79. The van der Waals surface area contributed by atoms with Crippen LogP contribution in [-0.2, 0) is 4.74 Å². The highest BCUT2D eigenvalue weighted by Crippen LogP contribution is 2.19. The predicted molar refractivity (Wildman–Crippen MR) is 58.2 cm³/mol. The number of fused-ring (bicyclic) bond motifs is 1. The van der Waals surface area contributed by atoms with Crippen LogP contribution >= 0.6 is 0 Å². The Morgan fingerprint density at radius 3 is 2.67 bits per heavy atom. The molecule has 2 rings (SSSR count). The van der Waals surface area contributed by atoms with Gasteiger partial charge in [-0.05, 0) is 31.0 Å². The molecule has 3 heteroatoms. The van der Waals surface area contributed by atoms with Crippen molar-refractivity contribution in [1.82, 2.24) is 4.40 Å². The van der Waals surface area contributed by atoms with E-state index in [4.69, 9.17) is 4.74 Å². The summed E-state index contributed by atoms with van der Waals surface area (Å²) in [5.41, 5.74) is 3.64. The number of pyridine rings is 1. The van der Waals surface area contributed by atoms with E-state index in [0.717, 1.165) is 16.6 Å². The molecule has 0 N–H and O–H groups in total. The lowest BCUT2D eigenvalue weighted by Gasteiger charge is -2.00. The van der Waals surface area contributed by atoms with Crippen LogP contribution in [0, 0.1) is 13.8 Å². The SMILES string of the molecule is COC(=O)c1c(C)cn2cc(C)ccc12. The van der Waals surface area contributed by atoms with Crippen molar-refractivity contribution in [2.75, 3.05) is 7.11 Å². The van der Waals surface area contributed by atoms with Crippen LogP contribution in [0.25, 0.3) is 5.52 Å². The normalized spacial score (nSPS) is 10.6. The van der Waals surface area contributed by atoms with Crippen LogP contribution in [0.2, 0.25) is 0 Å². The minimum Gasteiger partial charge on any atom is -0.465 e. The van der Waals surface area contributed by atoms with Gasteiger partial charge in [0.15, 0.2) is 0 Å². The van der Waals surface area contributed by atoms with E-state index in [2.05, 4.69) is 0 Å². The van der Waals surface area contributed by atoms with E-state index in [-0.39, 0.29) is 5.97 Å². The third-order valence-electron chi connectivity index (χ3n) is 2.50. The Balaban J connectivity index is 2.73. The molecule has 3 nitrogen and oxygen atoms in total. The van der Waals surface area contributed by atoms with Crippen LogP contribution in [0.4, 0.5) is 0 Å². The van der Waals surface area contributed by atoms with Gasteiger partial charge in [-0.15, -0.1) is 0 Å². The summed E-state index contributed by atoms with van der Waals surface area (Å²) in [4.78, 5) is 11.6. The fraction of sp³-hybridized carbons (Fsp3) is 0.250. The minimum absolute atomic E-state index is 0.279. The number of ether oxygens (including phenoxy) is 1. The number of aryl methyl sites for hydroxylation is 2. The Morgan fingerprint density at radius 1 is 1.27 bits per heavy atom. The summed E-state index contributed by atoms with van der Waals surface area (Å²) in [6.45, 7) is 3.93. The molecule has 0 bridgehead atoms. The second kappa shape index (κ2) is 3.42. The van der Waals surface area contributed by atoms with Crippen molar-refractivity contribution in [2.45, 2.75) is 13.8 Å². The molecule has 0 saturated carbocycles. The zero-order valence-electron chi connectivity index (χ0n) is 9.07. The monoisotopic (exact) mass is 203 g/mol. The summed E-state index contributed by atoms with van der Waals surface area (Å²) in [5, 5.41) is 0. The summed E-state index contributed by atoms with van der Waals surface area (Å²) < 4.78 is 6.72. The summed E-state index contributed by atoms with van der Waals surface area (Å²) in [5.74, 6) is -0.279. The van der Waals surface area contributed by atoms with Crippen molar-refractivity contribution in [3.8, 4) is 0 Å². The van der Waals surface area contributed by atoms with Gasteiger partial charge in [-0.1, -0.05) is 6.07 Å². The van der Waals surface area contributed by atoms with E-state index < -0.39 is 0 Å². The fourth-order valence-electron chi connectivity index (χ4n) is 1.79. The molecule has 0 aromatic carbocycles.